The molecule has 2 unspecified atom stereocenters. The molecule has 17 heavy (non-hydrogen) atoms. The molecular weight excluding hydrogens is 278 g/mol. The van der Waals surface area contributed by atoms with Crippen molar-refractivity contribution >= 4 is 21.7 Å². The normalized spacial score (nSPS) is 13.8. The highest BCUT2D eigenvalue weighted by Crippen LogP contribution is 2.27. The van der Waals surface area contributed by atoms with Crippen LogP contribution in [0.3, 0.4) is 0 Å². The summed E-state index contributed by atoms with van der Waals surface area (Å²) in [4.78, 5) is 12.1. The molecule has 2 atom stereocenters. The van der Waals surface area contributed by atoms with Crippen LogP contribution in [-0.2, 0) is 4.79 Å². The number of benzene rings is 1. The van der Waals surface area contributed by atoms with Gasteiger partial charge in [-0.25, -0.2) is 0 Å². The molecule has 0 amide bonds. The fourth-order valence-electron chi connectivity index (χ4n) is 1.63. The lowest BCUT2D eigenvalue weighted by molar-refractivity contribution is -0.120. The van der Waals surface area contributed by atoms with Gasteiger partial charge in [-0.15, -0.1) is 0 Å². The van der Waals surface area contributed by atoms with E-state index in [0.29, 0.717) is 12.3 Å². The topological polar surface area (TPSA) is 40.9 Å². The van der Waals surface area contributed by atoms with E-state index in [0.717, 1.165) is 16.5 Å². The molecule has 1 rings (SSSR count). The van der Waals surface area contributed by atoms with E-state index in [1.54, 1.807) is 0 Å². The Labute approximate surface area is 111 Å². The number of ketones is 1. The molecule has 1 aromatic rings. The van der Waals surface area contributed by atoms with E-state index < -0.39 is 5.92 Å². The summed E-state index contributed by atoms with van der Waals surface area (Å²) in [5.74, 6) is -0.311. The van der Waals surface area contributed by atoms with Gasteiger partial charge in [-0.05, 0) is 17.5 Å². The van der Waals surface area contributed by atoms with Gasteiger partial charge in [0.15, 0.2) is 5.78 Å². The van der Waals surface area contributed by atoms with E-state index in [1.165, 1.54) is 0 Å². The summed E-state index contributed by atoms with van der Waals surface area (Å²) in [6, 6.07) is 9.52. The Balaban J connectivity index is 2.90. The van der Waals surface area contributed by atoms with Gasteiger partial charge in [0.1, 0.15) is 5.92 Å². The molecule has 0 saturated carbocycles. The van der Waals surface area contributed by atoms with Gasteiger partial charge in [0.2, 0.25) is 0 Å². The first-order valence-corrected chi connectivity index (χ1v) is 6.56. The summed E-state index contributed by atoms with van der Waals surface area (Å²) < 4.78 is 0.823. The summed E-state index contributed by atoms with van der Waals surface area (Å²) in [6.45, 7) is 4.09. The average molecular weight is 294 g/mol. The molecule has 0 fully saturated rings. The lowest BCUT2D eigenvalue weighted by Gasteiger charge is -2.13. The van der Waals surface area contributed by atoms with Crippen molar-refractivity contribution in [3.63, 3.8) is 0 Å². The molecule has 90 valence electrons. The first-order chi connectivity index (χ1) is 8.10. The van der Waals surface area contributed by atoms with Gasteiger partial charge in [0.05, 0.1) is 6.07 Å². The van der Waals surface area contributed by atoms with Crippen LogP contribution in [-0.4, -0.2) is 5.78 Å². The minimum Gasteiger partial charge on any atom is -0.298 e. The van der Waals surface area contributed by atoms with E-state index in [-0.39, 0.29) is 5.78 Å². The van der Waals surface area contributed by atoms with E-state index in [2.05, 4.69) is 28.9 Å². The molecule has 0 aliphatic heterocycles. The zero-order valence-corrected chi connectivity index (χ0v) is 11.7. The summed E-state index contributed by atoms with van der Waals surface area (Å²) in [5.41, 5.74) is 0.767. The van der Waals surface area contributed by atoms with Crippen molar-refractivity contribution in [1.82, 2.24) is 0 Å². The van der Waals surface area contributed by atoms with E-state index in [4.69, 9.17) is 5.26 Å². The summed E-state index contributed by atoms with van der Waals surface area (Å²) >= 11 is 3.39. The van der Waals surface area contributed by atoms with Crippen LogP contribution in [0.4, 0.5) is 0 Å². The molecule has 0 N–H and O–H groups in total. The Morgan fingerprint density at radius 1 is 1.47 bits per heavy atom. The van der Waals surface area contributed by atoms with Crippen molar-refractivity contribution in [2.24, 2.45) is 5.92 Å². The summed E-state index contributed by atoms with van der Waals surface area (Å²) in [7, 11) is 0. The van der Waals surface area contributed by atoms with E-state index in [1.807, 2.05) is 31.2 Å². The molecule has 2 nitrogen and oxygen atoms in total. The van der Waals surface area contributed by atoms with Crippen molar-refractivity contribution < 1.29 is 4.79 Å². The first-order valence-electron chi connectivity index (χ1n) is 5.76. The van der Waals surface area contributed by atoms with Gasteiger partial charge in [-0.1, -0.05) is 54.4 Å². The minimum absolute atomic E-state index is 0.00810. The Bertz CT molecular complexity index is 436. The molecule has 0 aliphatic rings. The van der Waals surface area contributed by atoms with Gasteiger partial charge < -0.3 is 0 Å². The average Bonchev–Trinajstić information content (AvgIpc) is 2.32. The van der Waals surface area contributed by atoms with Gasteiger partial charge in [0.25, 0.3) is 0 Å². The van der Waals surface area contributed by atoms with Gasteiger partial charge >= 0.3 is 0 Å². The summed E-state index contributed by atoms with van der Waals surface area (Å²) in [6.07, 6.45) is 1.43. The molecule has 0 aliphatic carbocycles. The number of carbonyl (C=O) groups excluding carboxylic acids is 1. The third-order valence-corrected chi connectivity index (χ3v) is 3.64. The van der Waals surface area contributed by atoms with Gasteiger partial charge in [-0.2, -0.15) is 5.26 Å². The minimum atomic E-state index is -0.653. The molecule has 0 heterocycles. The lowest BCUT2D eigenvalue weighted by atomic mass is 9.90. The number of carbonyl (C=O) groups is 1. The van der Waals surface area contributed by atoms with Crippen LogP contribution in [0.15, 0.2) is 28.7 Å². The van der Waals surface area contributed by atoms with E-state index in [9.17, 15) is 4.79 Å². The first kappa shape index (κ1) is 13.9. The maximum atomic E-state index is 12.1. The Morgan fingerprint density at radius 2 is 2.12 bits per heavy atom. The Kier molecular flexibility index (Phi) is 5.37. The quantitative estimate of drug-likeness (QED) is 0.821. The predicted octanol–water partition coefficient (Wildman–Crippen LogP) is 4.06. The highest BCUT2D eigenvalue weighted by Gasteiger charge is 2.23. The standard InChI is InChI=1S/C14H16BrNO/c1-3-10(2)8-14(17)12(9-16)11-6-4-5-7-13(11)15/h4-7,10,12H,3,8H2,1-2H3. The second kappa shape index (κ2) is 6.56. The second-order valence-electron chi connectivity index (χ2n) is 4.27. The molecular formula is C14H16BrNO. The smallest absolute Gasteiger partial charge is 0.154 e. The molecule has 0 saturated heterocycles. The Hall–Kier alpha value is -1.14. The van der Waals surface area contributed by atoms with E-state index >= 15 is 0 Å². The number of nitriles is 1. The number of rotatable bonds is 5. The van der Waals surface area contributed by atoms with Gasteiger partial charge in [0, 0.05) is 10.9 Å². The fraction of sp³-hybridized carbons (Fsp3) is 0.429. The number of hydrogen-bond acceptors (Lipinski definition) is 2. The SMILES string of the molecule is CCC(C)CC(=O)C(C#N)c1ccccc1Br. The molecule has 1 aromatic carbocycles. The van der Waals surface area contributed by atoms with Crippen molar-refractivity contribution in [2.75, 3.05) is 0 Å². The number of halogens is 1. The second-order valence-corrected chi connectivity index (χ2v) is 5.12. The van der Waals surface area contributed by atoms with Crippen LogP contribution >= 0.6 is 15.9 Å². The molecule has 0 radical (unpaired) electrons. The maximum absolute atomic E-state index is 12.1. The fourth-order valence-corrected chi connectivity index (χ4v) is 2.14. The highest BCUT2D eigenvalue weighted by atomic mass is 79.9. The van der Waals surface area contributed by atoms with Crippen molar-refractivity contribution in [3.8, 4) is 6.07 Å². The van der Waals surface area contributed by atoms with Crippen LogP contribution < -0.4 is 0 Å². The van der Waals surface area contributed by atoms with Crippen LogP contribution in [0, 0.1) is 17.2 Å². The highest BCUT2D eigenvalue weighted by molar-refractivity contribution is 9.10. The van der Waals surface area contributed by atoms with Crippen molar-refractivity contribution in [3.05, 3.63) is 34.3 Å². The monoisotopic (exact) mass is 293 g/mol. The predicted molar refractivity (Wildman–Crippen MR) is 71.6 cm³/mol. The van der Waals surface area contributed by atoms with Crippen molar-refractivity contribution in [1.29, 1.82) is 5.26 Å². The van der Waals surface area contributed by atoms with Crippen LogP contribution in [0.1, 0.15) is 38.2 Å². The lowest BCUT2D eigenvalue weighted by Crippen LogP contribution is -2.14. The largest absolute Gasteiger partial charge is 0.298 e. The number of hydrogen-bond donors (Lipinski definition) is 0. The third-order valence-electron chi connectivity index (χ3n) is 2.91. The zero-order chi connectivity index (χ0) is 12.8. The number of nitrogens with zero attached hydrogens (tertiary/aromatic N) is 1. The maximum Gasteiger partial charge on any atom is 0.154 e. The zero-order valence-electron chi connectivity index (χ0n) is 10.1. The van der Waals surface area contributed by atoms with Crippen molar-refractivity contribution in [2.45, 2.75) is 32.6 Å². The molecule has 0 spiro atoms. The van der Waals surface area contributed by atoms with Gasteiger partial charge in [-0.3, -0.25) is 4.79 Å². The molecule has 0 bridgehead atoms. The third kappa shape index (κ3) is 3.67. The molecule has 3 heteroatoms. The van der Waals surface area contributed by atoms with Crippen LogP contribution in [0.2, 0.25) is 0 Å². The van der Waals surface area contributed by atoms with Crippen LogP contribution in [0.5, 0.6) is 0 Å². The molecule has 0 aromatic heterocycles. The Morgan fingerprint density at radius 3 is 2.65 bits per heavy atom. The number of Topliss-reactive ketones (excluding diaryl/α,β-unsaturated/α-hetero) is 1. The van der Waals surface area contributed by atoms with Crippen LogP contribution in [0.25, 0.3) is 0 Å². The summed E-state index contributed by atoms with van der Waals surface area (Å²) in [5, 5.41) is 9.17.